The van der Waals surface area contributed by atoms with E-state index in [0.29, 0.717) is 0 Å². The van der Waals surface area contributed by atoms with Crippen molar-refractivity contribution in [2.75, 3.05) is 13.7 Å². The van der Waals surface area contributed by atoms with Crippen molar-refractivity contribution in [2.45, 2.75) is 45.4 Å². The Bertz CT molecular complexity index is 462. The van der Waals surface area contributed by atoms with Crippen LogP contribution in [0.25, 0.3) is 0 Å². The summed E-state index contributed by atoms with van der Waals surface area (Å²) in [6, 6.07) is 7.85. The Balaban J connectivity index is 1.91. The Labute approximate surface area is 120 Å². The highest BCUT2D eigenvalue weighted by molar-refractivity contribution is 5.77. The van der Waals surface area contributed by atoms with Crippen molar-refractivity contribution >= 4 is 5.97 Å². The average molecular weight is 277 g/mol. The van der Waals surface area contributed by atoms with E-state index in [1.165, 1.54) is 5.56 Å². The first-order valence-corrected chi connectivity index (χ1v) is 6.99. The largest absolute Gasteiger partial charge is 0.497 e. The number of methoxy groups -OCH3 is 1. The third kappa shape index (κ3) is 3.73. The third-order valence-corrected chi connectivity index (χ3v) is 3.35. The number of hydrogen-bond donors (Lipinski definition) is 0. The van der Waals surface area contributed by atoms with Crippen LogP contribution in [0.2, 0.25) is 0 Å². The minimum atomic E-state index is -0.418. The van der Waals surface area contributed by atoms with E-state index >= 15 is 0 Å². The maximum atomic E-state index is 12.1. The van der Waals surface area contributed by atoms with E-state index in [0.717, 1.165) is 25.3 Å². The van der Waals surface area contributed by atoms with Crippen LogP contribution in [0, 0.1) is 0 Å². The zero-order valence-electron chi connectivity index (χ0n) is 12.7. The van der Waals surface area contributed by atoms with Crippen LogP contribution in [0.5, 0.6) is 5.75 Å². The van der Waals surface area contributed by atoms with Gasteiger partial charge in [-0.25, -0.2) is 0 Å². The van der Waals surface area contributed by atoms with E-state index in [2.05, 4.69) is 4.90 Å². The zero-order chi connectivity index (χ0) is 14.8. The summed E-state index contributed by atoms with van der Waals surface area (Å²) in [4.78, 5) is 14.2. The Hall–Kier alpha value is -1.55. The van der Waals surface area contributed by atoms with Gasteiger partial charge in [-0.1, -0.05) is 12.1 Å². The zero-order valence-corrected chi connectivity index (χ0v) is 12.7. The van der Waals surface area contributed by atoms with Gasteiger partial charge in [-0.2, -0.15) is 0 Å². The molecular weight excluding hydrogens is 254 g/mol. The van der Waals surface area contributed by atoms with E-state index in [9.17, 15) is 4.79 Å². The standard InChI is InChI=1S/C16H23NO3/c1-16(2,3)20-15(18)14-9-10-17(14)11-12-5-7-13(19-4)8-6-12/h5-8,14H,9-11H2,1-4H3/t14-/m0/s1. The van der Waals surface area contributed by atoms with Gasteiger partial charge in [0.25, 0.3) is 0 Å². The fourth-order valence-electron chi connectivity index (χ4n) is 2.23. The van der Waals surface area contributed by atoms with Gasteiger partial charge in [0.15, 0.2) is 0 Å². The molecule has 4 heteroatoms. The average Bonchev–Trinajstić information content (AvgIpc) is 2.33. The number of esters is 1. The molecule has 0 aromatic heterocycles. The van der Waals surface area contributed by atoms with Crippen molar-refractivity contribution in [3.63, 3.8) is 0 Å². The Morgan fingerprint density at radius 3 is 2.40 bits per heavy atom. The number of ether oxygens (including phenoxy) is 2. The number of likely N-dealkylation sites (tertiary alicyclic amines) is 1. The lowest BCUT2D eigenvalue weighted by molar-refractivity contribution is -0.166. The van der Waals surface area contributed by atoms with Crippen LogP contribution in [0.15, 0.2) is 24.3 Å². The molecule has 1 saturated heterocycles. The van der Waals surface area contributed by atoms with Gasteiger partial charge < -0.3 is 9.47 Å². The highest BCUT2D eigenvalue weighted by atomic mass is 16.6. The number of carbonyl (C=O) groups is 1. The number of rotatable bonds is 4. The quantitative estimate of drug-likeness (QED) is 0.793. The molecule has 1 atom stereocenters. The minimum absolute atomic E-state index is 0.101. The summed E-state index contributed by atoms with van der Waals surface area (Å²) in [6.07, 6.45) is 0.880. The molecule has 0 saturated carbocycles. The van der Waals surface area contributed by atoms with Crippen molar-refractivity contribution in [2.24, 2.45) is 0 Å². The molecule has 20 heavy (non-hydrogen) atoms. The van der Waals surface area contributed by atoms with Gasteiger partial charge in [0.05, 0.1) is 7.11 Å². The number of carbonyl (C=O) groups excluding carboxylic acids is 1. The normalized spacial score (nSPS) is 19.3. The van der Waals surface area contributed by atoms with Gasteiger partial charge in [0.1, 0.15) is 17.4 Å². The molecule has 0 bridgehead atoms. The molecule has 1 heterocycles. The minimum Gasteiger partial charge on any atom is -0.497 e. The topological polar surface area (TPSA) is 38.8 Å². The molecule has 110 valence electrons. The van der Waals surface area contributed by atoms with Gasteiger partial charge in [-0.05, 0) is 44.9 Å². The van der Waals surface area contributed by atoms with Crippen LogP contribution < -0.4 is 4.74 Å². The molecule has 0 radical (unpaired) electrons. The van der Waals surface area contributed by atoms with Crippen LogP contribution in [0.1, 0.15) is 32.8 Å². The van der Waals surface area contributed by atoms with E-state index in [1.807, 2.05) is 45.0 Å². The second-order valence-corrected chi connectivity index (χ2v) is 6.16. The predicted molar refractivity (Wildman–Crippen MR) is 77.7 cm³/mol. The number of hydrogen-bond acceptors (Lipinski definition) is 4. The first-order chi connectivity index (χ1) is 9.39. The molecular formula is C16H23NO3. The smallest absolute Gasteiger partial charge is 0.323 e. The Morgan fingerprint density at radius 1 is 1.30 bits per heavy atom. The predicted octanol–water partition coefficient (Wildman–Crippen LogP) is 2.61. The Kier molecular flexibility index (Phi) is 4.33. The molecule has 1 aromatic rings. The van der Waals surface area contributed by atoms with E-state index in [-0.39, 0.29) is 12.0 Å². The summed E-state index contributed by atoms with van der Waals surface area (Å²) in [5, 5.41) is 0. The lowest BCUT2D eigenvalue weighted by Crippen LogP contribution is -2.53. The highest BCUT2D eigenvalue weighted by Crippen LogP contribution is 2.24. The van der Waals surface area contributed by atoms with Crippen molar-refractivity contribution in [3.8, 4) is 5.75 Å². The van der Waals surface area contributed by atoms with Crippen LogP contribution in [0.3, 0.4) is 0 Å². The fraction of sp³-hybridized carbons (Fsp3) is 0.562. The van der Waals surface area contributed by atoms with Crippen molar-refractivity contribution in [1.82, 2.24) is 4.90 Å². The van der Waals surface area contributed by atoms with Crippen LogP contribution in [-0.4, -0.2) is 36.2 Å². The molecule has 0 amide bonds. The molecule has 1 aliphatic heterocycles. The van der Waals surface area contributed by atoms with E-state index < -0.39 is 5.60 Å². The van der Waals surface area contributed by atoms with Crippen LogP contribution in [0.4, 0.5) is 0 Å². The van der Waals surface area contributed by atoms with Gasteiger partial charge in [0.2, 0.25) is 0 Å². The second kappa shape index (κ2) is 5.83. The maximum absolute atomic E-state index is 12.1. The van der Waals surface area contributed by atoms with Crippen molar-refractivity contribution in [3.05, 3.63) is 29.8 Å². The van der Waals surface area contributed by atoms with Crippen LogP contribution >= 0.6 is 0 Å². The van der Waals surface area contributed by atoms with Gasteiger partial charge >= 0.3 is 5.97 Å². The lowest BCUT2D eigenvalue weighted by Gasteiger charge is -2.40. The first-order valence-electron chi connectivity index (χ1n) is 6.99. The first kappa shape index (κ1) is 14.9. The molecule has 0 spiro atoms. The summed E-state index contributed by atoms with van der Waals surface area (Å²) in [7, 11) is 1.66. The molecule has 0 unspecified atom stereocenters. The molecule has 1 aromatic carbocycles. The van der Waals surface area contributed by atoms with E-state index in [1.54, 1.807) is 7.11 Å². The van der Waals surface area contributed by atoms with Crippen molar-refractivity contribution in [1.29, 1.82) is 0 Å². The van der Waals surface area contributed by atoms with Crippen molar-refractivity contribution < 1.29 is 14.3 Å². The molecule has 1 aliphatic rings. The highest BCUT2D eigenvalue weighted by Gasteiger charge is 2.36. The monoisotopic (exact) mass is 277 g/mol. The summed E-state index contributed by atoms with van der Waals surface area (Å²) in [5.74, 6) is 0.735. The third-order valence-electron chi connectivity index (χ3n) is 3.35. The molecule has 4 nitrogen and oxygen atoms in total. The van der Waals surface area contributed by atoms with Gasteiger partial charge in [-0.15, -0.1) is 0 Å². The summed E-state index contributed by atoms with van der Waals surface area (Å²) in [6.45, 7) is 7.41. The fourth-order valence-corrected chi connectivity index (χ4v) is 2.23. The lowest BCUT2D eigenvalue weighted by atomic mass is 10.0. The summed E-state index contributed by atoms with van der Waals surface area (Å²) >= 11 is 0. The summed E-state index contributed by atoms with van der Waals surface area (Å²) < 4.78 is 10.6. The summed E-state index contributed by atoms with van der Waals surface area (Å²) in [5.41, 5.74) is 0.761. The van der Waals surface area contributed by atoms with E-state index in [4.69, 9.17) is 9.47 Å². The molecule has 2 rings (SSSR count). The SMILES string of the molecule is COc1ccc(CN2CC[C@H]2C(=O)OC(C)(C)C)cc1. The van der Waals surface area contributed by atoms with Gasteiger partial charge in [0, 0.05) is 13.1 Å². The second-order valence-electron chi connectivity index (χ2n) is 6.16. The number of benzene rings is 1. The maximum Gasteiger partial charge on any atom is 0.323 e. The molecule has 1 fully saturated rings. The van der Waals surface area contributed by atoms with Gasteiger partial charge in [-0.3, -0.25) is 9.69 Å². The Morgan fingerprint density at radius 2 is 1.95 bits per heavy atom. The molecule has 0 aliphatic carbocycles. The molecule has 0 N–H and O–H groups in total. The number of nitrogens with zero attached hydrogens (tertiary/aromatic N) is 1. The van der Waals surface area contributed by atoms with Crippen LogP contribution in [-0.2, 0) is 16.1 Å².